The van der Waals surface area contributed by atoms with E-state index in [-0.39, 0.29) is 11.9 Å². The average Bonchev–Trinajstić information content (AvgIpc) is 2.40. The summed E-state index contributed by atoms with van der Waals surface area (Å²) in [4.78, 5) is 0. The molecule has 0 bridgehead atoms. The second-order valence-corrected chi connectivity index (χ2v) is 5.22. The molecule has 1 unspecified atom stereocenters. The second kappa shape index (κ2) is 9.11. The third-order valence-corrected chi connectivity index (χ3v) is 3.74. The van der Waals surface area contributed by atoms with Crippen LogP contribution in [0.4, 0.5) is 4.39 Å². The van der Waals surface area contributed by atoms with Gasteiger partial charge in [-0.05, 0) is 44.9 Å². The second-order valence-electron chi connectivity index (χ2n) is 4.82. The van der Waals surface area contributed by atoms with Gasteiger partial charge in [0.2, 0.25) is 0 Å². The first-order valence-electron chi connectivity index (χ1n) is 6.90. The van der Waals surface area contributed by atoms with E-state index < -0.39 is 0 Å². The van der Waals surface area contributed by atoms with E-state index in [0.717, 1.165) is 19.3 Å². The van der Waals surface area contributed by atoms with Crippen molar-refractivity contribution in [3.05, 3.63) is 47.3 Å². The maximum Gasteiger partial charge on any atom is 0.127 e. The van der Waals surface area contributed by atoms with Crippen molar-refractivity contribution in [1.82, 2.24) is 5.32 Å². The predicted octanol–water partition coefficient (Wildman–Crippen LogP) is 4.75. The zero-order valence-corrected chi connectivity index (χ0v) is 12.3. The number of benzene rings is 1. The molecular formula is C16H23ClFN. The predicted molar refractivity (Wildman–Crippen MR) is 81.2 cm³/mol. The van der Waals surface area contributed by atoms with Crippen LogP contribution in [-0.2, 0) is 6.42 Å². The van der Waals surface area contributed by atoms with Gasteiger partial charge in [-0.15, -0.1) is 6.58 Å². The molecule has 0 aliphatic heterocycles. The van der Waals surface area contributed by atoms with Gasteiger partial charge in [-0.2, -0.15) is 0 Å². The van der Waals surface area contributed by atoms with Crippen molar-refractivity contribution in [2.75, 3.05) is 7.05 Å². The highest BCUT2D eigenvalue weighted by atomic mass is 35.5. The largest absolute Gasteiger partial charge is 0.317 e. The van der Waals surface area contributed by atoms with Gasteiger partial charge in [-0.1, -0.05) is 36.6 Å². The molecule has 1 aromatic rings. The molecule has 0 saturated carbocycles. The lowest BCUT2D eigenvalue weighted by Crippen LogP contribution is -2.28. The zero-order chi connectivity index (χ0) is 14.1. The summed E-state index contributed by atoms with van der Waals surface area (Å²) < 4.78 is 13.7. The van der Waals surface area contributed by atoms with Gasteiger partial charge < -0.3 is 5.32 Å². The van der Waals surface area contributed by atoms with Crippen LogP contribution >= 0.6 is 11.6 Å². The number of likely N-dealkylation sites (N-methyl/N-ethyl adjacent to an activating group) is 1. The number of halogens is 2. The normalized spacial score (nSPS) is 12.4. The molecule has 0 amide bonds. The molecule has 0 saturated heterocycles. The van der Waals surface area contributed by atoms with E-state index >= 15 is 0 Å². The lowest BCUT2D eigenvalue weighted by atomic mass is 9.99. The molecular weight excluding hydrogens is 261 g/mol. The molecule has 0 fully saturated rings. The maximum absolute atomic E-state index is 13.7. The first-order valence-corrected chi connectivity index (χ1v) is 7.28. The van der Waals surface area contributed by atoms with E-state index in [1.165, 1.54) is 18.9 Å². The molecule has 3 heteroatoms. The zero-order valence-electron chi connectivity index (χ0n) is 11.6. The molecule has 1 atom stereocenters. The molecule has 0 aromatic heterocycles. The quantitative estimate of drug-likeness (QED) is 0.509. The molecule has 1 rings (SSSR count). The van der Waals surface area contributed by atoms with Crippen LogP contribution < -0.4 is 5.32 Å². The molecule has 0 radical (unpaired) electrons. The van der Waals surface area contributed by atoms with E-state index in [0.29, 0.717) is 17.0 Å². The van der Waals surface area contributed by atoms with Crippen LogP contribution in [0.25, 0.3) is 0 Å². The van der Waals surface area contributed by atoms with Gasteiger partial charge in [0.1, 0.15) is 5.82 Å². The fraction of sp³-hybridized carbons (Fsp3) is 0.500. The lowest BCUT2D eigenvalue weighted by Gasteiger charge is -2.17. The highest BCUT2D eigenvalue weighted by Gasteiger charge is 2.13. The Kier molecular flexibility index (Phi) is 7.76. The van der Waals surface area contributed by atoms with E-state index in [9.17, 15) is 4.39 Å². The molecule has 0 spiro atoms. The van der Waals surface area contributed by atoms with Gasteiger partial charge >= 0.3 is 0 Å². The van der Waals surface area contributed by atoms with E-state index in [2.05, 4.69) is 11.9 Å². The summed E-state index contributed by atoms with van der Waals surface area (Å²) >= 11 is 6.05. The van der Waals surface area contributed by atoms with Crippen molar-refractivity contribution in [3.8, 4) is 0 Å². The number of nitrogens with one attached hydrogen (secondary N) is 1. The maximum atomic E-state index is 13.7. The van der Waals surface area contributed by atoms with Gasteiger partial charge in [-0.25, -0.2) is 4.39 Å². The minimum Gasteiger partial charge on any atom is -0.317 e. The fourth-order valence-electron chi connectivity index (χ4n) is 2.18. The Morgan fingerprint density at radius 2 is 2.16 bits per heavy atom. The first-order chi connectivity index (χ1) is 9.19. The van der Waals surface area contributed by atoms with Crippen molar-refractivity contribution in [1.29, 1.82) is 0 Å². The molecule has 1 N–H and O–H groups in total. The van der Waals surface area contributed by atoms with E-state index in [4.69, 9.17) is 11.6 Å². The summed E-state index contributed by atoms with van der Waals surface area (Å²) in [6.45, 7) is 3.72. The van der Waals surface area contributed by atoms with Crippen molar-refractivity contribution in [2.24, 2.45) is 0 Å². The summed E-state index contributed by atoms with van der Waals surface area (Å²) in [6.07, 6.45) is 8.22. The van der Waals surface area contributed by atoms with Gasteiger partial charge in [-0.3, -0.25) is 0 Å². The van der Waals surface area contributed by atoms with Crippen molar-refractivity contribution in [2.45, 2.75) is 44.6 Å². The number of hydrogen-bond acceptors (Lipinski definition) is 1. The molecule has 19 heavy (non-hydrogen) atoms. The summed E-state index contributed by atoms with van der Waals surface area (Å²) in [5.41, 5.74) is 0.620. The van der Waals surface area contributed by atoms with Crippen LogP contribution in [0.3, 0.4) is 0 Å². The topological polar surface area (TPSA) is 12.0 Å². The van der Waals surface area contributed by atoms with Gasteiger partial charge in [0.15, 0.2) is 0 Å². The van der Waals surface area contributed by atoms with Gasteiger partial charge in [0, 0.05) is 16.6 Å². The van der Waals surface area contributed by atoms with Crippen molar-refractivity contribution < 1.29 is 4.39 Å². The van der Waals surface area contributed by atoms with Crippen LogP contribution in [0.5, 0.6) is 0 Å². The van der Waals surface area contributed by atoms with Crippen LogP contribution in [0.2, 0.25) is 5.02 Å². The Balaban J connectivity index is 2.45. The van der Waals surface area contributed by atoms with Crippen LogP contribution in [-0.4, -0.2) is 13.1 Å². The minimum absolute atomic E-state index is 0.209. The average molecular weight is 284 g/mol. The highest BCUT2D eigenvalue weighted by Crippen LogP contribution is 2.21. The van der Waals surface area contributed by atoms with Crippen LogP contribution in [0.15, 0.2) is 30.9 Å². The van der Waals surface area contributed by atoms with Gasteiger partial charge in [0.05, 0.1) is 0 Å². The SMILES string of the molecule is C=CCCCCCC(Cc1c(F)cccc1Cl)NC. The summed E-state index contributed by atoms with van der Waals surface area (Å²) in [7, 11) is 1.92. The highest BCUT2D eigenvalue weighted by molar-refractivity contribution is 6.31. The Morgan fingerprint density at radius 3 is 2.79 bits per heavy atom. The summed E-state index contributed by atoms with van der Waals surface area (Å²) in [6, 6.07) is 5.14. The lowest BCUT2D eigenvalue weighted by molar-refractivity contribution is 0.477. The molecule has 1 aromatic carbocycles. The van der Waals surface area contributed by atoms with Crippen molar-refractivity contribution >= 4 is 11.6 Å². The van der Waals surface area contributed by atoms with Gasteiger partial charge in [0.25, 0.3) is 0 Å². The fourth-order valence-corrected chi connectivity index (χ4v) is 2.42. The summed E-state index contributed by atoms with van der Waals surface area (Å²) in [5, 5.41) is 3.77. The summed E-state index contributed by atoms with van der Waals surface area (Å²) in [5.74, 6) is -0.209. The molecule has 106 valence electrons. The van der Waals surface area contributed by atoms with E-state index in [1.807, 2.05) is 13.1 Å². The smallest absolute Gasteiger partial charge is 0.127 e. The minimum atomic E-state index is -0.209. The molecule has 0 aliphatic rings. The number of allylic oxidation sites excluding steroid dienone is 1. The molecule has 0 heterocycles. The van der Waals surface area contributed by atoms with Crippen LogP contribution in [0.1, 0.15) is 37.7 Å². The van der Waals surface area contributed by atoms with E-state index in [1.54, 1.807) is 12.1 Å². The molecule has 1 nitrogen and oxygen atoms in total. The third-order valence-electron chi connectivity index (χ3n) is 3.38. The Labute approximate surface area is 120 Å². The van der Waals surface area contributed by atoms with Crippen LogP contribution in [0, 0.1) is 5.82 Å². The number of rotatable bonds is 9. The van der Waals surface area contributed by atoms with Crippen molar-refractivity contribution in [3.63, 3.8) is 0 Å². The standard InChI is InChI=1S/C16H23ClFN/c1-3-4-5-6-7-9-13(19-2)12-14-15(17)10-8-11-16(14)18/h3,8,10-11,13,19H,1,4-7,9,12H2,2H3. The monoisotopic (exact) mass is 283 g/mol. The third kappa shape index (κ3) is 5.75. The Morgan fingerprint density at radius 1 is 1.37 bits per heavy atom. The molecule has 0 aliphatic carbocycles. The number of unbranched alkanes of at least 4 members (excludes halogenated alkanes) is 3. The Bertz CT molecular complexity index is 372. The first kappa shape index (κ1) is 16.2. The Hall–Kier alpha value is -0.860. The number of hydrogen-bond donors (Lipinski definition) is 1.